The Hall–Kier alpha value is -2.34. The number of carbonyl (C=O) groups is 1. The van der Waals surface area contributed by atoms with Crippen LogP contribution in [0, 0.1) is 0 Å². The molecule has 1 heterocycles. The summed E-state index contributed by atoms with van der Waals surface area (Å²) in [6.07, 6.45) is 4.98. The molecule has 2 aromatic rings. The molecule has 0 atom stereocenters. The Morgan fingerprint density at radius 1 is 1.38 bits per heavy atom. The van der Waals surface area contributed by atoms with Crippen molar-refractivity contribution in [2.75, 3.05) is 13.7 Å². The lowest BCUT2D eigenvalue weighted by Crippen LogP contribution is -1.95. The Balaban J connectivity index is 2.19. The quantitative estimate of drug-likeness (QED) is 0.885. The summed E-state index contributed by atoms with van der Waals surface area (Å²) in [5.74, 6) is 0.388. The van der Waals surface area contributed by atoms with Crippen LogP contribution < -0.4 is 9.47 Å². The van der Waals surface area contributed by atoms with Crippen molar-refractivity contribution in [3.63, 3.8) is 0 Å². The van der Waals surface area contributed by atoms with Crippen molar-refractivity contribution < 1.29 is 19.4 Å². The van der Waals surface area contributed by atoms with Crippen molar-refractivity contribution in [2.45, 2.75) is 6.92 Å². The standard InChI is InChI=1S/C15H15NO4S/c1-3-20-12-8-10(4-6-11(12)19-2)5-7-14-16-9-13(21-14)15(17)18/h4-9H,3H2,1-2H3,(H,17,18). The molecule has 0 amide bonds. The molecule has 5 nitrogen and oxygen atoms in total. The Morgan fingerprint density at radius 3 is 2.81 bits per heavy atom. The Morgan fingerprint density at radius 2 is 2.19 bits per heavy atom. The van der Waals surface area contributed by atoms with Gasteiger partial charge in [-0.2, -0.15) is 0 Å². The third-order valence-electron chi connectivity index (χ3n) is 2.64. The number of carboxylic acids is 1. The summed E-state index contributed by atoms with van der Waals surface area (Å²) in [4.78, 5) is 15.1. The maximum absolute atomic E-state index is 10.8. The second-order valence-electron chi connectivity index (χ2n) is 4.04. The molecule has 110 valence electrons. The summed E-state index contributed by atoms with van der Waals surface area (Å²) in [5.41, 5.74) is 0.923. The highest BCUT2D eigenvalue weighted by Gasteiger charge is 2.07. The number of benzene rings is 1. The molecule has 0 aliphatic carbocycles. The fraction of sp³-hybridized carbons (Fsp3) is 0.200. The van der Waals surface area contributed by atoms with Gasteiger partial charge in [-0.3, -0.25) is 0 Å². The van der Waals surface area contributed by atoms with Crippen LogP contribution in [0.5, 0.6) is 11.5 Å². The number of hydrogen-bond acceptors (Lipinski definition) is 5. The highest BCUT2D eigenvalue weighted by atomic mass is 32.1. The normalized spacial score (nSPS) is 10.8. The zero-order valence-corrected chi connectivity index (χ0v) is 12.5. The fourth-order valence-corrected chi connectivity index (χ4v) is 2.36. The summed E-state index contributed by atoms with van der Waals surface area (Å²) in [6, 6.07) is 5.59. The third-order valence-corrected chi connectivity index (χ3v) is 3.59. The number of methoxy groups -OCH3 is 1. The SMILES string of the molecule is CCOc1cc(C=Cc2ncc(C(=O)O)s2)ccc1OC. The van der Waals surface area contributed by atoms with Gasteiger partial charge in [0.05, 0.1) is 19.9 Å². The molecule has 0 bridgehead atoms. The van der Waals surface area contributed by atoms with Crippen LogP contribution in [-0.4, -0.2) is 29.8 Å². The second kappa shape index (κ2) is 6.90. The highest BCUT2D eigenvalue weighted by molar-refractivity contribution is 7.14. The second-order valence-corrected chi connectivity index (χ2v) is 5.11. The van der Waals surface area contributed by atoms with E-state index in [1.54, 1.807) is 13.2 Å². The van der Waals surface area contributed by atoms with Crippen LogP contribution in [-0.2, 0) is 0 Å². The largest absolute Gasteiger partial charge is 0.493 e. The van der Waals surface area contributed by atoms with Gasteiger partial charge in [0.25, 0.3) is 0 Å². The lowest BCUT2D eigenvalue weighted by atomic mass is 10.2. The number of ether oxygens (including phenoxy) is 2. The van der Waals surface area contributed by atoms with Crippen molar-refractivity contribution in [3.05, 3.63) is 39.8 Å². The van der Waals surface area contributed by atoms with Gasteiger partial charge in [-0.25, -0.2) is 9.78 Å². The van der Waals surface area contributed by atoms with Gasteiger partial charge >= 0.3 is 5.97 Å². The first-order valence-electron chi connectivity index (χ1n) is 6.32. The van der Waals surface area contributed by atoms with Gasteiger partial charge in [0.15, 0.2) is 11.5 Å². The Bertz CT molecular complexity index is 663. The molecule has 0 radical (unpaired) electrons. The van der Waals surface area contributed by atoms with Gasteiger partial charge in [-0.05, 0) is 30.7 Å². The summed E-state index contributed by atoms with van der Waals surface area (Å²) < 4.78 is 10.7. The predicted molar refractivity (Wildman–Crippen MR) is 82.2 cm³/mol. The Kier molecular flexibility index (Phi) is 4.94. The average molecular weight is 305 g/mol. The molecular weight excluding hydrogens is 290 g/mol. The number of aromatic nitrogens is 1. The number of carboxylic acid groups (broad SMARTS) is 1. The number of hydrogen-bond donors (Lipinski definition) is 1. The van der Waals surface area contributed by atoms with Gasteiger partial charge in [-0.1, -0.05) is 12.1 Å². The van der Waals surface area contributed by atoms with Crippen LogP contribution in [0.15, 0.2) is 24.4 Å². The smallest absolute Gasteiger partial charge is 0.347 e. The average Bonchev–Trinajstić information content (AvgIpc) is 2.95. The van der Waals surface area contributed by atoms with Crippen molar-refractivity contribution in [2.24, 2.45) is 0 Å². The van der Waals surface area contributed by atoms with Crippen molar-refractivity contribution in [1.29, 1.82) is 0 Å². The van der Waals surface area contributed by atoms with Crippen molar-refractivity contribution >= 4 is 29.5 Å². The first-order valence-corrected chi connectivity index (χ1v) is 7.13. The molecule has 0 unspecified atom stereocenters. The predicted octanol–water partition coefficient (Wildman–Crippen LogP) is 3.42. The highest BCUT2D eigenvalue weighted by Crippen LogP contribution is 2.29. The summed E-state index contributed by atoms with van der Waals surface area (Å²) in [7, 11) is 1.59. The molecule has 0 fully saturated rings. The van der Waals surface area contributed by atoms with Gasteiger partial charge in [-0.15, -0.1) is 11.3 Å². The molecule has 0 saturated carbocycles. The van der Waals surface area contributed by atoms with Gasteiger partial charge in [0.1, 0.15) is 9.88 Å². The van der Waals surface area contributed by atoms with E-state index in [1.165, 1.54) is 6.20 Å². The van der Waals surface area contributed by atoms with E-state index < -0.39 is 5.97 Å². The molecule has 2 rings (SSSR count). The minimum atomic E-state index is -0.963. The number of aromatic carboxylic acids is 1. The van der Waals surface area contributed by atoms with E-state index in [4.69, 9.17) is 14.6 Å². The number of rotatable bonds is 6. The van der Waals surface area contributed by atoms with Crippen LogP contribution >= 0.6 is 11.3 Å². The van der Waals surface area contributed by atoms with E-state index >= 15 is 0 Å². The van der Waals surface area contributed by atoms with E-state index in [0.717, 1.165) is 16.9 Å². The topological polar surface area (TPSA) is 68.7 Å². The summed E-state index contributed by atoms with van der Waals surface area (Å²) in [5, 5.41) is 9.49. The Labute approximate surface area is 126 Å². The van der Waals surface area contributed by atoms with Crippen LogP contribution in [0.3, 0.4) is 0 Å². The van der Waals surface area contributed by atoms with E-state index in [-0.39, 0.29) is 4.88 Å². The molecule has 1 N–H and O–H groups in total. The van der Waals surface area contributed by atoms with Crippen LogP contribution in [0.2, 0.25) is 0 Å². The van der Waals surface area contributed by atoms with E-state index in [9.17, 15) is 4.79 Å². The zero-order chi connectivity index (χ0) is 15.2. The summed E-state index contributed by atoms with van der Waals surface area (Å²) in [6.45, 7) is 2.46. The molecule has 6 heteroatoms. The van der Waals surface area contributed by atoms with Crippen LogP contribution in [0.1, 0.15) is 27.2 Å². The molecule has 0 saturated heterocycles. The molecule has 21 heavy (non-hydrogen) atoms. The van der Waals surface area contributed by atoms with E-state index in [2.05, 4.69) is 4.98 Å². The molecule has 1 aromatic carbocycles. The number of nitrogens with zero attached hydrogens (tertiary/aromatic N) is 1. The fourth-order valence-electron chi connectivity index (χ4n) is 1.70. The van der Waals surface area contributed by atoms with E-state index in [0.29, 0.717) is 23.1 Å². The monoisotopic (exact) mass is 305 g/mol. The van der Waals surface area contributed by atoms with Crippen LogP contribution in [0.25, 0.3) is 12.2 Å². The molecule has 1 aromatic heterocycles. The number of thiazole rings is 1. The van der Waals surface area contributed by atoms with Gasteiger partial charge < -0.3 is 14.6 Å². The minimum absolute atomic E-state index is 0.222. The lowest BCUT2D eigenvalue weighted by molar-refractivity contribution is 0.0702. The zero-order valence-electron chi connectivity index (χ0n) is 11.7. The van der Waals surface area contributed by atoms with Gasteiger partial charge in [0.2, 0.25) is 0 Å². The molecule has 0 spiro atoms. The first kappa shape index (κ1) is 15.1. The van der Waals surface area contributed by atoms with Crippen molar-refractivity contribution in [3.8, 4) is 11.5 Å². The maximum atomic E-state index is 10.8. The van der Waals surface area contributed by atoms with Crippen molar-refractivity contribution in [1.82, 2.24) is 4.98 Å². The first-order chi connectivity index (χ1) is 10.1. The van der Waals surface area contributed by atoms with Crippen LogP contribution in [0.4, 0.5) is 0 Å². The minimum Gasteiger partial charge on any atom is -0.493 e. The molecule has 0 aliphatic heterocycles. The molecular formula is C15H15NO4S. The molecule has 0 aliphatic rings. The summed E-state index contributed by atoms with van der Waals surface area (Å²) >= 11 is 1.13. The maximum Gasteiger partial charge on any atom is 0.347 e. The van der Waals surface area contributed by atoms with Gasteiger partial charge in [0, 0.05) is 0 Å². The van der Waals surface area contributed by atoms with E-state index in [1.807, 2.05) is 31.2 Å². The third kappa shape index (κ3) is 3.82. The lowest BCUT2D eigenvalue weighted by Gasteiger charge is -2.09.